The first-order chi connectivity index (χ1) is 7.65. The highest BCUT2D eigenvalue weighted by molar-refractivity contribution is 5.80. The molecule has 2 heterocycles. The van der Waals surface area contributed by atoms with E-state index >= 15 is 0 Å². The molecule has 0 spiro atoms. The molecule has 2 bridgehead atoms. The standard InChI is InChI=1S/C12H19NO3/c1-8(14)10-5-3-4-9-6-7-11(10)13(9)12(15)16-2/h9-11H,3-7H2,1-2H3/t9-,10?,11-/m1/s1. The van der Waals surface area contributed by atoms with Gasteiger partial charge in [0.05, 0.1) is 7.11 Å². The molecule has 0 radical (unpaired) electrons. The zero-order valence-corrected chi connectivity index (χ0v) is 9.94. The van der Waals surface area contributed by atoms with Crippen LogP contribution >= 0.6 is 0 Å². The van der Waals surface area contributed by atoms with Crippen LogP contribution in [0.15, 0.2) is 0 Å². The molecule has 4 heteroatoms. The van der Waals surface area contributed by atoms with Gasteiger partial charge in [-0.1, -0.05) is 6.42 Å². The highest BCUT2D eigenvalue weighted by Crippen LogP contribution is 2.38. The predicted octanol–water partition coefficient (Wildman–Crippen LogP) is 1.97. The van der Waals surface area contributed by atoms with Crippen molar-refractivity contribution >= 4 is 11.9 Å². The van der Waals surface area contributed by atoms with E-state index in [0.29, 0.717) is 6.04 Å². The molecule has 2 aliphatic rings. The molecule has 90 valence electrons. The Morgan fingerprint density at radius 3 is 2.56 bits per heavy atom. The average molecular weight is 225 g/mol. The fourth-order valence-electron chi connectivity index (χ4n) is 3.22. The van der Waals surface area contributed by atoms with E-state index in [1.807, 2.05) is 4.90 Å². The summed E-state index contributed by atoms with van der Waals surface area (Å²) in [6, 6.07) is 0.374. The fraction of sp³-hybridized carbons (Fsp3) is 0.833. The van der Waals surface area contributed by atoms with Crippen molar-refractivity contribution in [2.24, 2.45) is 5.92 Å². The lowest BCUT2D eigenvalue weighted by Crippen LogP contribution is -2.44. The van der Waals surface area contributed by atoms with Gasteiger partial charge >= 0.3 is 6.09 Å². The Kier molecular flexibility index (Phi) is 3.17. The van der Waals surface area contributed by atoms with Crippen LogP contribution in [0.3, 0.4) is 0 Å². The van der Waals surface area contributed by atoms with Crippen LogP contribution in [-0.4, -0.2) is 36.0 Å². The molecule has 0 N–H and O–H groups in total. The minimum atomic E-state index is -0.263. The molecule has 4 nitrogen and oxygen atoms in total. The van der Waals surface area contributed by atoms with E-state index in [2.05, 4.69) is 0 Å². The van der Waals surface area contributed by atoms with Gasteiger partial charge in [0.25, 0.3) is 0 Å². The second-order valence-corrected chi connectivity index (χ2v) is 4.82. The van der Waals surface area contributed by atoms with Gasteiger partial charge in [-0.05, 0) is 32.6 Å². The summed E-state index contributed by atoms with van der Waals surface area (Å²) in [5, 5.41) is 0. The fourth-order valence-corrected chi connectivity index (χ4v) is 3.22. The number of rotatable bonds is 1. The topological polar surface area (TPSA) is 46.6 Å². The zero-order chi connectivity index (χ0) is 11.7. The van der Waals surface area contributed by atoms with Gasteiger partial charge in [-0.15, -0.1) is 0 Å². The summed E-state index contributed by atoms with van der Waals surface area (Å²) in [5.41, 5.74) is 0. The minimum Gasteiger partial charge on any atom is -0.453 e. The van der Waals surface area contributed by atoms with Gasteiger partial charge < -0.3 is 9.64 Å². The van der Waals surface area contributed by atoms with Crippen molar-refractivity contribution in [3.8, 4) is 0 Å². The Labute approximate surface area is 95.9 Å². The van der Waals surface area contributed by atoms with Crippen LogP contribution in [0.1, 0.15) is 39.0 Å². The molecule has 0 aromatic rings. The van der Waals surface area contributed by atoms with Crippen LogP contribution in [0, 0.1) is 5.92 Å². The van der Waals surface area contributed by atoms with Crippen molar-refractivity contribution in [2.75, 3.05) is 7.11 Å². The van der Waals surface area contributed by atoms with Crippen LogP contribution in [0.2, 0.25) is 0 Å². The summed E-state index contributed by atoms with van der Waals surface area (Å²) in [5.74, 6) is 0.230. The normalized spacial score (nSPS) is 33.4. The molecule has 1 unspecified atom stereocenters. The summed E-state index contributed by atoms with van der Waals surface area (Å²) in [4.78, 5) is 25.2. The molecule has 2 saturated heterocycles. The third-order valence-corrected chi connectivity index (χ3v) is 3.97. The van der Waals surface area contributed by atoms with E-state index in [-0.39, 0.29) is 23.8 Å². The third-order valence-electron chi connectivity index (χ3n) is 3.97. The molecule has 2 aliphatic heterocycles. The SMILES string of the molecule is COC(=O)N1[C@@H]2CCCC(C(C)=O)[C@H]1CC2. The first-order valence-corrected chi connectivity index (χ1v) is 6.02. The van der Waals surface area contributed by atoms with E-state index in [4.69, 9.17) is 4.74 Å². The Hall–Kier alpha value is -1.06. The van der Waals surface area contributed by atoms with Crippen molar-refractivity contribution in [3.63, 3.8) is 0 Å². The molecule has 2 rings (SSSR count). The number of ketones is 1. The molecular weight excluding hydrogens is 206 g/mol. The Morgan fingerprint density at radius 2 is 1.94 bits per heavy atom. The number of nitrogens with zero attached hydrogens (tertiary/aromatic N) is 1. The smallest absolute Gasteiger partial charge is 0.410 e. The van der Waals surface area contributed by atoms with Crippen molar-refractivity contribution in [1.82, 2.24) is 4.90 Å². The number of methoxy groups -OCH3 is 1. The van der Waals surface area contributed by atoms with E-state index in [1.165, 1.54) is 7.11 Å². The van der Waals surface area contributed by atoms with Crippen molar-refractivity contribution < 1.29 is 14.3 Å². The van der Waals surface area contributed by atoms with Gasteiger partial charge in [-0.2, -0.15) is 0 Å². The summed E-state index contributed by atoms with van der Waals surface area (Å²) >= 11 is 0. The number of carbonyl (C=O) groups is 2. The maximum atomic E-state index is 11.7. The molecule has 3 atom stereocenters. The second-order valence-electron chi connectivity index (χ2n) is 4.82. The van der Waals surface area contributed by atoms with Gasteiger partial charge in [0.1, 0.15) is 5.78 Å². The number of Topliss-reactive ketones (excluding diaryl/α,β-unsaturated/α-hetero) is 1. The molecule has 0 aromatic carbocycles. The van der Waals surface area contributed by atoms with Crippen LogP contribution in [0.5, 0.6) is 0 Å². The molecular formula is C12H19NO3. The average Bonchev–Trinajstić information content (AvgIpc) is 2.53. The van der Waals surface area contributed by atoms with E-state index in [9.17, 15) is 9.59 Å². The predicted molar refractivity (Wildman–Crippen MR) is 59.1 cm³/mol. The van der Waals surface area contributed by atoms with Gasteiger partial charge in [-0.25, -0.2) is 4.79 Å². The Morgan fingerprint density at radius 1 is 1.19 bits per heavy atom. The van der Waals surface area contributed by atoms with Gasteiger partial charge in [0.2, 0.25) is 0 Å². The van der Waals surface area contributed by atoms with Crippen LogP contribution < -0.4 is 0 Å². The molecule has 1 amide bonds. The molecule has 0 saturated carbocycles. The number of ether oxygens (including phenoxy) is 1. The monoisotopic (exact) mass is 225 g/mol. The quantitative estimate of drug-likeness (QED) is 0.685. The van der Waals surface area contributed by atoms with Crippen LogP contribution in [0.4, 0.5) is 4.79 Å². The third kappa shape index (κ3) is 1.81. The Bertz CT molecular complexity index is 303. The first-order valence-electron chi connectivity index (χ1n) is 6.02. The highest BCUT2D eigenvalue weighted by Gasteiger charge is 2.44. The molecule has 0 aliphatic carbocycles. The van der Waals surface area contributed by atoms with Crippen LogP contribution in [-0.2, 0) is 9.53 Å². The maximum Gasteiger partial charge on any atom is 0.410 e. The van der Waals surface area contributed by atoms with Crippen molar-refractivity contribution in [3.05, 3.63) is 0 Å². The summed E-state index contributed by atoms with van der Waals surface area (Å²) in [6.45, 7) is 1.64. The van der Waals surface area contributed by atoms with Gasteiger partial charge in [0, 0.05) is 18.0 Å². The largest absolute Gasteiger partial charge is 0.453 e. The summed E-state index contributed by atoms with van der Waals surface area (Å²) in [6.07, 6.45) is 4.67. The first kappa shape index (κ1) is 11.4. The van der Waals surface area contributed by atoms with Gasteiger partial charge in [-0.3, -0.25) is 4.79 Å². The number of carbonyl (C=O) groups excluding carboxylic acids is 2. The number of hydrogen-bond donors (Lipinski definition) is 0. The van der Waals surface area contributed by atoms with Crippen LogP contribution in [0.25, 0.3) is 0 Å². The second kappa shape index (κ2) is 4.44. The lowest BCUT2D eigenvalue weighted by atomic mass is 9.88. The van der Waals surface area contributed by atoms with Crippen molar-refractivity contribution in [2.45, 2.75) is 51.1 Å². The summed E-state index contributed by atoms with van der Waals surface area (Å²) in [7, 11) is 1.41. The van der Waals surface area contributed by atoms with E-state index < -0.39 is 0 Å². The molecule has 2 fully saturated rings. The molecule has 0 aromatic heterocycles. The van der Waals surface area contributed by atoms with Gasteiger partial charge in [0.15, 0.2) is 0 Å². The lowest BCUT2D eigenvalue weighted by molar-refractivity contribution is -0.122. The Balaban J connectivity index is 2.23. The zero-order valence-electron chi connectivity index (χ0n) is 9.94. The number of fused-ring (bicyclic) bond motifs is 2. The van der Waals surface area contributed by atoms with E-state index in [1.54, 1.807) is 6.92 Å². The number of amides is 1. The maximum absolute atomic E-state index is 11.7. The summed E-state index contributed by atoms with van der Waals surface area (Å²) < 4.78 is 4.83. The number of hydrogen-bond acceptors (Lipinski definition) is 3. The minimum absolute atomic E-state index is 0.0200. The molecule has 16 heavy (non-hydrogen) atoms. The highest BCUT2D eigenvalue weighted by atomic mass is 16.5. The lowest BCUT2D eigenvalue weighted by Gasteiger charge is -2.29. The van der Waals surface area contributed by atoms with E-state index in [0.717, 1.165) is 32.1 Å². The van der Waals surface area contributed by atoms with Crippen molar-refractivity contribution in [1.29, 1.82) is 0 Å².